The van der Waals surface area contributed by atoms with Gasteiger partial charge < -0.3 is 5.11 Å². The molecule has 0 aliphatic rings. The second kappa shape index (κ2) is 9.20. The average Bonchev–Trinajstić information content (AvgIpc) is 3.25. The molecule has 1 aromatic heterocycles. The number of allylic oxidation sites excluding steroid dienone is 1. The molecule has 0 saturated heterocycles. The third kappa shape index (κ3) is 4.48. The van der Waals surface area contributed by atoms with Crippen LogP contribution in [0, 0.1) is 5.82 Å². The van der Waals surface area contributed by atoms with Crippen molar-refractivity contribution in [2.75, 3.05) is 0 Å². The van der Waals surface area contributed by atoms with Crippen LogP contribution in [0.4, 0.5) is 4.39 Å². The Hall–Kier alpha value is -3.70. The molecule has 0 saturated carbocycles. The van der Waals surface area contributed by atoms with E-state index in [9.17, 15) is 9.18 Å². The SMILES string of the molecule is CC/C(=C(\c1ccc(C=CC(=O)O)cc1)c1ccc2[nH]ncc2c1)c1ccc(F)cc1Cl. The minimum atomic E-state index is -0.998. The molecule has 0 unspecified atom stereocenters. The van der Waals surface area contributed by atoms with E-state index in [1.807, 2.05) is 43.3 Å². The predicted molar refractivity (Wildman–Crippen MR) is 127 cm³/mol. The van der Waals surface area contributed by atoms with Crippen molar-refractivity contribution in [1.82, 2.24) is 10.2 Å². The van der Waals surface area contributed by atoms with Crippen LogP contribution in [0.5, 0.6) is 0 Å². The molecule has 0 aliphatic heterocycles. The van der Waals surface area contributed by atoms with Crippen molar-refractivity contribution in [1.29, 1.82) is 0 Å². The molecule has 0 radical (unpaired) electrons. The normalized spacial score (nSPS) is 12.3. The summed E-state index contributed by atoms with van der Waals surface area (Å²) in [5, 5.41) is 17.3. The van der Waals surface area contributed by atoms with E-state index in [2.05, 4.69) is 16.3 Å². The number of rotatable bonds is 6. The molecule has 4 aromatic rings. The summed E-state index contributed by atoms with van der Waals surface area (Å²) in [6.07, 6.45) is 5.09. The molecule has 0 aliphatic carbocycles. The van der Waals surface area contributed by atoms with Gasteiger partial charge in [0, 0.05) is 11.5 Å². The van der Waals surface area contributed by atoms with Crippen molar-refractivity contribution in [2.24, 2.45) is 0 Å². The monoisotopic (exact) mass is 446 g/mol. The van der Waals surface area contributed by atoms with Crippen molar-refractivity contribution < 1.29 is 14.3 Å². The number of halogens is 2. The summed E-state index contributed by atoms with van der Waals surface area (Å²) < 4.78 is 13.7. The first-order chi connectivity index (χ1) is 15.5. The van der Waals surface area contributed by atoms with Crippen molar-refractivity contribution >= 4 is 45.7 Å². The van der Waals surface area contributed by atoms with Crippen LogP contribution in [0.25, 0.3) is 28.1 Å². The van der Waals surface area contributed by atoms with Crippen LogP contribution in [-0.4, -0.2) is 21.3 Å². The topological polar surface area (TPSA) is 66.0 Å². The fraction of sp³-hybridized carbons (Fsp3) is 0.0769. The second-order valence-corrected chi connectivity index (χ2v) is 7.70. The largest absolute Gasteiger partial charge is 0.478 e. The van der Waals surface area contributed by atoms with Crippen LogP contribution in [0.2, 0.25) is 5.02 Å². The molecular weight excluding hydrogens is 427 g/mol. The van der Waals surface area contributed by atoms with Gasteiger partial charge in [0.1, 0.15) is 5.82 Å². The smallest absolute Gasteiger partial charge is 0.328 e. The number of nitrogens with one attached hydrogen (secondary N) is 1. The minimum Gasteiger partial charge on any atom is -0.478 e. The molecule has 4 rings (SSSR count). The Morgan fingerprint density at radius 1 is 1.09 bits per heavy atom. The Morgan fingerprint density at radius 3 is 2.53 bits per heavy atom. The molecule has 1 heterocycles. The van der Waals surface area contributed by atoms with Crippen LogP contribution in [-0.2, 0) is 4.79 Å². The Bertz CT molecular complexity index is 1350. The highest BCUT2D eigenvalue weighted by atomic mass is 35.5. The number of aromatic amines is 1. The lowest BCUT2D eigenvalue weighted by Crippen LogP contribution is -1.96. The van der Waals surface area contributed by atoms with E-state index < -0.39 is 5.97 Å². The van der Waals surface area contributed by atoms with Gasteiger partial charge in [-0.05, 0) is 70.2 Å². The van der Waals surface area contributed by atoms with E-state index in [4.69, 9.17) is 16.7 Å². The predicted octanol–water partition coefficient (Wildman–Crippen LogP) is 6.82. The van der Waals surface area contributed by atoms with Gasteiger partial charge in [0.2, 0.25) is 0 Å². The number of benzene rings is 3. The summed E-state index contributed by atoms with van der Waals surface area (Å²) in [6, 6.07) is 18.1. The first-order valence-electron chi connectivity index (χ1n) is 10.1. The fourth-order valence-electron chi connectivity index (χ4n) is 3.78. The minimum absolute atomic E-state index is 0.352. The zero-order valence-electron chi connectivity index (χ0n) is 17.3. The summed E-state index contributed by atoms with van der Waals surface area (Å²) in [5.41, 5.74) is 6.35. The third-order valence-electron chi connectivity index (χ3n) is 5.26. The van der Waals surface area contributed by atoms with E-state index in [1.165, 1.54) is 12.1 Å². The number of carboxylic acids is 1. The van der Waals surface area contributed by atoms with Crippen LogP contribution in [0.1, 0.15) is 35.6 Å². The standard InChI is InChI=1S/C26H20ClFN2O2/c1-2-21(22-10-9-20(28)14-23(22)27)26(18-8-11-24-19(13-18)15-29-30-24)17-6-3-16(4-7-17)5-12-25(31)32/h3-15H,2H2,1H3,(H,29,30)(H,31,32)/b12-5?,26-21-. The molecule has 0 fully saturated rings. The molecule has 3 aromatic carbocycles. The maximum Gasteiger partial charge on any atom is 0.328 e. The molecule has 6 heteroatoms. The van der Waals surface area contributed by atoms with Crippen molar-refractivity contribution in [3.05, 3.63) is 106 Å². The molecule has 2 N–H and O–H groups in total. The van der Waals surface area contributed by atoms with Gasteiger partial charge in [-0.2, -0.15) is 5.10 Å². The maximum atomic E-state index is 13.7. The van der Waals surface area contributed by atoms with E-state index in [-0.39, 0.29) is 5.82 Å². The van der Waals surface area contributed by atoms with Crippen LogP contribution < -0.4 is 0 Å². The number of carboxylic acid groups (broad SMARTS) is 1. The number of hydrogen-bond donors (Lipinski definition) is 2. The zero-order valence-corrected chi connectivity index (χ0v) is 18.0. The maximum absolute atomic E-state index is 13.7. The van der Waals surface area contributed by atoms with E-state index in [1.54, 1.807) is 18.3 Å². The number of nitrogens with zero attached hydrogens (tertiary/aromatic N) is 1. The third-order valence-corrected chi connectivity index (χ3v) is 5.57. The highest BCUT2D eigenvalue weighted by Crippen LogP contribution is 2.38. The Morgan fingerprint density at radius 2 is 1.84 bits per heavy atom. The van der Waals surface area contributed by atoms with Gasteiger partial charge in [0.05, 0.1) is 16.7 Å². The lowest BCUT2D eigenvalue weighted by atomic mass is 9.87. The van der Waals surface area contributed by atoms with Crippen LogP contribution in [0.15, 0.2) is 72.9 Å². The van der Waals surface area contributed by atoms with Gasteiger partial charge in [0.25, 0.3) is 0 Å². The quantitative estimate of drug-likeness (QED) is 0.252. The first-order valence-corrected chi connectivity index (χ1v) is 10.5. The first kappa shape index (κ1) is 21.5. The molecule has 0 atom stereocenters. The summed E-state index contributed by atoms with van der Waals surface area (Å²) in [6.45, 7) is 2.04. The number of aromatic nitrogens is 2. The van der Waals surface area contributed by atoms with Gasteiger partial charge in [-0.3, -0.25) is 5.10 Å². The second-order valence-electron chi connectivity index (χ2n) is 7.30. The van der Waals surface area contributed by atoms with Crippen molar-refractivity contribution in [3.8, 4) is 0 Å². The Balaban J connectivity index is 1.93. The van der Waals surface area contributed by atoms with Crippen molar-refractivity contribution in [2.45, 2.75) is 13.3 Å². The molecule has 0 spiro atoms. The lowest BCUT2D eigenvalue weighted by molar-refractivity contribution is -0.131. The zero-order chi connectivity index (χ0) is 22.7. The number of H-pyrrole nitrogens is 1. The summed E-state index contributed by atoms with van der Waals surface area (Å²) in [4.78, 5) is 10.8. The van der Waals surface area contributed by atoms with Gasteiger partial charge in [-0.15, -0.1) is 0 Å². The Kier molecular flexibility index (Phi) is 6.19. The number of hydrogen-bond acceptors (Lipinski definition) is 2. The van der Waals surface area contributed by atoms with Crippen LogP contribution in [0.3, 0.4) is 0 Å². The number of carbonyl (C=O) groups is 1. The summed E-state index contributed by atoms with van der Waals surface area (Å²) in [7, 11) is 0. The summed E-state index contributed by atoms with van der Waals surface area (Å²) >= 11 is 6.44. The molecule has 4 nitrogen and oxygen atoms in total. The molecule has 0 amide bonds. The highest BCUT2D eigenvalue weighted by molar-refractivity contribution is 6.32. The highest BCUT2D eigenvalue weighted by Gasteiger charge is 2.16. The lowest BCUT2D eigenvalue weighted by Gasteiger charge is -2.17. The number of aliphatic carboxylic acids is 1. The Labute approximate surface area is 189 Å². The van der Waals surface area contributed by atoms with E-state index in [0.29, 0.717) is 11.4 Å². The number of fused-ring (bicyclic) bond motifs is 1. The van der Waals surface area contributed by atoms with Crippen molar-refractivity contribution in [3.63, 3.8) is 0 Å². The van der Waals surface area contributed by atoms with Gasteiger partial charge in [0.15, 0.2) is 0 Å². The van der Waals surface area contributed by atoms with Gasteiger partial charge >= 0.3 is 5.97 Å². The molecule has 160 valence electrons. The van der Waals surface area contributed by atoms with E-state index >= 15 is 0 Å². The molecule has 32 heavy (non-hydrogen) atoms. The van der Waals surface area contributed by atoms with Crippen LogP contribution >= 0.6 is 11.6 Å². The summed E-state index contributed by atoms with van der Waals surface area (Å²) in [5.74, 6) is -1.38. The van der Waals surface area contributed by atoms with E-state index in [0.717, 1.165) is 50.4 Å². The fourth-order valence-corrected chi connectivity index (χ4v) is 4.06. The molecule has 0 bridgehead atoms. The molecular formula is C26H20ClFN2O2. The average molecular weight is 447 g/mol. The van der Waals surface area contributed by atoms with Gasteiger partial charge in [-0.25, -0.2) is 9.18 Å². The van der Waals surface area contributed by atoms with Gasteiger partial charge in [-0.1, -0.05) is 54.9 Å².